The van der Waals surface area contributed by atoms with E-state index < -0.39 is 17.5 Å². The van der Waals surface area contributed by atoms with Crippen LogP contribution in [0.2, 0.25) is 0 Å². The molecule has 11 nitrogen and oxygen atoms in total. The van der Waals surface area contributed by atoms with Crippen molar-refractivity contribution in [3.8, 4) is 11.4 Å². The molecule has 1 aromatic carbocycles. The molecule has 0 unspecified atom stereocenters. The summed E-state index contributed by atoms with van der Waals surface area (Å²) in [7, 11) is 0. The molecule has 4 heterocycles. The second-order valence-corrected chi connectivity index (χ2v) is 7.63. The molecule has 1 aliphatic heterocycles. The topological polar surface area (TPSA) is 151 Å². The summed E-state index contributed by atoms with van der Waals surface area (Å²) in [6, 6.07) is 7.47. The Balaban J connectivity index is 1.35. The average molecular weight is 463 g/mol. The van der Waals surface area contributed by atoms with Crippen LogP contribution in [0.3, 0.4) is 0 Å². The zero-order valence-corrected chi connectivity index (χ0v) is 17.7. The largest absolute Gasteiger partial charge is 0.360 e. The molecule has 0 atom stereocenters. The van der Waals surface area contributed by atoms with Gasteiger partial charge in [-0.05, 0) is 24.3 Å². The average Bonchev–Trinajstić information content (AvgIpc) is 3.51. The molecule has 0 radical (unpaired) electrons. The number of aromatic nitrogens is 4. The third kappa shape index (κ3) is 3.64. The van der Waals surface area contributed by atoms with Gasteiger partial charge in [-0.3, -0.25) is 19.4 Å². The van der Waals surface area contributed by atoms with Gasteiger partial charge in [-0.25, -0.2) is 4.39 Å². The summed E-state index contributed by atoms with van der Waals surface area (Å²) >= 11 is 0. The zero-order chi connectivity index (χ0) is 23.8. The lowest BCUT2D eigenvalue weighted by Crippen LogP contribution is -2.52. The molecule has 0 bridgehead atoms. The van der Waals surface area contributed by atoms with Gasteiger partial charge in [0, 0.05) is 49.5 Å². The Bertz CT molecular complexity index is 1410. The summed E-state index contributed by atoms with van der Waals surface area (Å²) in [4.78, 5) is 52.2. The molecule has 1 aliphatic rings. The zero-order valence-electron chi connectivity index (χ0n) is 17.7. The van der Waals surface area contributed by atoms with Crippen molar-refractivity contribution < 1.29 is 23.3 Å². The van der Waals surface area contributed by atoms with E-state index in [2.05, 4.69) is 20.1 Å². The quantitative estimate of drug-likeness (QED) is 0.341. The minimum absolute atomic E-state index is 0.0526. The number of hydrogen-bond donors (Lipinski definition) is 2. The Labute approximate surface area is 191 Å². The number of nitrogens with two attached hydrogens (primary N) is 1. The van der Waals surface area contributed by atoms with Gasteiger partial charge >= 0.3 is 6.01 Å². The van der Waals surface area contributed by atoms with E-state index in [0.29, 0.717) is 11.3 Å². The van der Waals surface area contributed by atoms with Crippen LogP contribution in [0.15, 0.2) is 47.2 Å². The number of ketones is 1. The Hall–Kier alpha value is -4.61. The highest BCUT2D eigenvalue weighted by Crippen LogP contribution is 2.31. The van der Waals surface area contributed by atoms with Crippen molar-refractivity contribution in [2.24, 2.45) is 0 Å². The van der Waals surface area contributed by atoms with E-state index in [0.717, 1.165) is 6.07 Å². The predicted molar refractivity (Wildman–Crippen MR) is 117 cm³/mol. The number of nitrogen functional groups attached to an aromatic ring is 1. The molecule has 1 saturated heterocycles. The summed E-state index contributed by atoms with van der Waals surface area (Å²) in [6.07, 6.45) is 2.81. The molecule has 5 rings (SSSR count). The molecule has 2 amide bonds. The number of nitrogens with one attached hydrogen (secondary N) is 1. The molecule has 34 heavy (non-hydrogen) atoms. The van der Waals surface area contributed by atoms with E-state index in [4.69, 9.17) is 10.3 Å². The SMILES string of the molecule is Nc1nc(-c2ccc(F)c3c(C(=O)C(=O)N4CCN(C(=O)c5ccccn5)CC4)c[nH]c23)no1. The lowest BCUT2D eigenvalue weighted by Gasteiger charge is -2.34. The molecule has 1 fully saturated rings. The number of anilines is 1. The lowest BCUT2D eigenvalue weighted by atomic mass is 10.0. The van der Waals surface area contributed by atoms with E-state index in [-0.39, 0.29) is 60.4 Å². The van der Waals surface area contributed by atoms with Crippen molar-refractivity contribution in [2.75, 3.05) is 31.9 Å². The van der Waals surface area contributed by atoms with Crippen LogP contribution >= 0.6 is 0 Å². The highest BCUT2D eigenvalue weighted by Gasteiger charge is 2.31. The molecular weight excluding hydrogens is 445 g/mol. The first-order valence-corrected chi connectivity index (χ1v) is 10.4. The number of pyridine rings is 1. The fourth-order valence-corrected chi connectivity index (χ4v) is 3.94. The Morgan fingerprint density at radius 2 is 1.82 bits per heavy atom. The number of nitrogens with zero attached hydrogens (tertiary/aromatic N) is 5. The van der Waals surface area contributed by atoms with Crippen LogP contribution in [0.25, 0.3) is 22.3 Å². The maximum Gasteiger partial charge on any atom is 0.319 e. The normalized spacial score (nSPS) is 13.9. The molecule has 0 spiro atoms. The van der Waals surface area contributed by atoms with Gasteiger partial charge in [-0.2, -0.15) is 4.98 Å². The predicted octanol–water partition coefficient (Wildman–Crippen LogP) is 1.50. The first-order chi connectivity index (χ1) is 16.4. The number of benzene rings is 1. The minimum atomic E-state index is -0.862. The number of Topliss-reactive ketones (excluding diaryl/α,β-unsaturated/α-hetero) is 1. The summed E-state index contributed by atoms with van der Waals surface area (Å²) in [5.74, 6) is -2.45. The maximum atomic E-state index is 14.7. The van der Waals surface area contributed by atoms with Crippen molar-refractivity contribution in [1.82, 2.24) is 29.9 Å². The number of H-pyrrole nitrogens is 1. The minimum Gasteiger partial charge on any atom is -0.360 e. The van der Waals surface area contributed by atoms with Gasteiger partial charge in [0.15, 0.2) is 0 Å². The number of aromatic amines is 1. The Morgan fingerprint density at radius 3 is 2.50 bits per heavy atom. The molecule has 0 saturated carbocycles. The number of hydrogen-bond acceptors (Lipinski definition) is 8. The van der Waals surface area contributed by atoms with E-state index in [9.17, 15) is 18.8 Å². The van der Waals surface area contributed by atoms with Crippen molar-refractivity contribution in [3.63, 3.8) is 0 Å². The number of carbonyl (C=O) groups excluding carboxylic acids is 3. The van der Waals surface area contributed by atoms with Gasteiger partial charge in [-0.1, -0.05) is 11.2 Å². The summed E-state index contributed by atoms with van der Waals surface area (Å²) in [6.45, 7) is 0.836. The summed E-state index contributed by atoms with van der Waals surface area (Å²) in [5.41, 5.74) is 6.28. The van der Waals surface area contributed by atoms with Crippen molar-refractivity contribution in [2.45, 2.75) is 0 Å². The number of rotatable bonds is 4. The summed E-state index contributed by atoms with van der Waals surface area (Å²) < 4.78 is 19.5. The monoisotopic (exact) mass is 463 g/mol. The van der Waals surface area contributed by atoms with Gasteiger partial charge in [0.25, 0.3) is 17.6 Å². The van der Waals surface area contributed by atoms with Crippen LogP contribution < -0.4 is 5.73 Å². The molecule has 3 aromatic heterocycles. The van der Waals surface area contributed by atoms with Crippen LogP contribution in [0.4, 0.5) is 10.4 Å². The first kappa shape index (κ1) is 21.2. The van der Waals surface area contributed by atoms with E-state index in [1.807, 2.05) is 0 Å². The second-order valence-electron chi connectivity index (χ2n) is 7.63. The molecular formula is C22H18FN7O4. The van der Waals surface area contributed by atoms with Crippen molar-refractivity contribution in [1.29, 1.82) is 0 Å². The molecule has 0 aliphatic carbocycles. The third-order valence-corrected chi connectivity index (χ3v) is 5.64. The highest BCUT2D eigenvalue weighted by molar-refractivity contribution is 6.45. The molecule has 3 N–H and O–H groups in total. The molecule has 12 heteroatoms. The van der Waals surface area contributed by atoms with Gasteiger partial charge in [0.05, 0.1) is 11.1 Å². The van der Waals surface area contributed by atoms with E-state index in [1.54, 1.807) is 23.1 Å². The Kier molecular flexibility index (Phi) is 5.24. The van der Waals surface area contributed by atoms with Crippen LogP contribution in [-0.4, -0.2) is 73.7 Å². The first-order valence-electron chi connectivity index (χ1n) is 10.4. The standard InChI is InChI=1S/C22H18FN7O4/c23-14-5-4-12(19-27-22(24)34-28-19)17-16(14)13(11-26-17)18(31)21(33)30-9-7-29(8-10-30)20(32)15-3-1-2-6-25-15/h1-6,11,26H,7-10H2,(H2,24,27,28). The van der Waals surface area contributed by atoms with E-state index in [1.165, 1.54) is 23.4 Å². The third-order valence-electron chi connectivity index (χ3n) is 5.64. The van der Waals surface area contributed by atoms with Crippen LogP contribution in [0, 0.1) is 5.82 Å². The van der Waals surface area contributed by atoms with Gasteiger partial charge in [-0.15, -0.1) is 0 Å². The highest BCUT2D eigenvalue weighted by atomic mass is 19.1. The molecule has 172 valence electrons. The van der Waals surface area contributed by atoms with Crippen molar-refractivity contribution >= 4 is 34.5 Å². The lowest BCUT2D eigenvalue weighted by molar-refractivity contribution is -0.127. The van der Waals surface area contributed by atoms with Crippen LogP contribution in [0.1, 0.15) is 20.8 Å². The number of piperazine rings is 1. The maximum absolute atomic E-state index is 14.7. The fraction of sp³-hybridized carbons (Fsp3) is 0.182. The van der Waals surface area contributed by atoms with Gasteiger partial charge in [0.1, 0.15) is 11.5 Å². The van der Waals surface area contributed by atoms with Gasteiger partial charge in [0.2, 0.25) is 5.82 Å². The molecule has 4 aromatic rings. The Morgan fingerprint density at radius 1 is 1.06 bits per heavy atom. The number of carbonyl (C=O) groups is 3. The van der Waals surface area contributed by atoms with Gasteiger partial charge < -0.3 is 25.0 Å². The fourth-order valence-electron chi connectivity index (χ4n) is 3.94. The van der Waals surface area contributed by atoms with Crippen LogP contribution in [-0.2, 0) is 4.79 Å². The second kappa shape index (κ2) is 8.39. The number of halogens is 1. The summed E-state index contributed by atoms with van der Waals surface area (Å²) in [5, 5.41) is 3.67. The number of fused-ring (bicyclic) bond motifs is 1. The smallest absolute Gasteiger partial charge is 0.319 e. The number of amides is 2. The van der Waals surface area contributed by atoms with Crippen molar-refractivity contribution in [3.05, 3.63) is 59.8 Å². The van der Waals surface area contributed by atoms with E-state index >= 15 is 0 Å². The van der Waals surface area contributed by atoms with Crippen LogP contribution in [0.5, 0.6) is 0 Å².